The average Bonchev–Trinajstić information content (AvgIpc) is 3.52. The minimum absolute atomic E-state index is 0.0237. The van der Waals surface area contributed by atoms with Crippen LogP contribution in [0.15, 0.2) is 39.2 Å². The van der Waals surface area contributed by atoms with E-state index < -0.39 is 11.2 Å². The summed E-state index contributed by atoms with van der Waals surface area (Å²) in [5.74, 6) is 0.196. The fraction of sp³-hybridized carbons (Fsp3) is 0.440. The van der Waals surface area contributed by atoms with Gasteiger partial charge in [-0.2, -0.15) is 0 Å². The van der Waals surface area contributed by atoms with Crippen molar-refractivity contribution in [2.75, 3.05) is 17.2 Å². The van der Waals surface area contributed by atoms with Crippen molar-refractivity contribution in [3.63, 3.8) is 0 Å². The number of aromatic amines is 1. The zero-order chi connectivity index (χ0) is 24.9. The maximum absolute atomic E-state index is 13.4. The van der Waals surface area contributed by atoms with E-state index in [0.717, 1.165) is 54.8 Å². The van der Waals surface area contributed by atoms with Crippen LogP contribution in [0.25, 0.3) is 10.6 Å². The molecule has 9 nitrogen and oxygen atoms in total. The van der Waals surface area contributed by atoms with E-state index in [1.165, 1.54) is 9.47 Å². The van der Waals surface area contributed by atoms with E-state index in [1.807, 2.05) is 31.4 Å². The van der Waals surface area contributed by atoms with Crippen molar-refractivity contribution in [1.29, 1.82) is 0 Å². The maximum Gasteiger partial charge on any atom is 0.330 e. The minimum Gasteiger partial charge on any atom is -0.484 e. The Labute approximate surface area is 207 Å². The first-order valence-electron chi connectivity index (χ1n) is 12.0. The van der Waals surface area contributed by atoms with Gasteiger partial charge in [-0.05, 0) is 50.5 Å². The van der Waals surface area contributed by atoms with Crippen LogP contribution in [0.5, 0.6) is 5.75 Å². The number of aryl methyl sites for hydroxylation is 1. The number of amides is 1. The summed E-state index contributed by atoms with van der Waals surface area (Å²) in [6.45, 7) is 4.08. The lowest BCUT2D eigenvalue weighted by atomic mass is 10.2. The van der Waals surface area contributed by atoms with Crippen molar-refractivity contribution in [1.82, 2.24) is 14.5 Å². The number of aromatic nitrogens is 3. The van der Waals surface area contributed by atoms with Crippen LogP contribution in [-0.4, -0.2) is 33.1 Å². The lowest BCUT2D eigenvalue weighted by Crippen LogP contribution is -2.47. The molecule has 0 spiro atoms. The highest BCUT2D eigenvalue weighted by atomic mass is 32.1. The van der Waals surface area contributed by atoms with E-state index in [1.54, 1.807) is 23.5 Å². The first kappa shape index (κ1) is 24.7. The molecule has 1 aromatic carbocycles. The van der Waals surface area contributed by atoms with Gasteiger partial charge in [0.05, 0.1) is 0 Å². The first-order valence-corrected chi connectivity index (χ1v) is 12.9. The zero-order valence-corrected chi connectivity index (χ0v) is 20.9. The Morgan fingerprint density at radius 3 is 2.60 bits per heavy atom. The van der Waals surface area contributed by atoms with Crippen LogP contribution in [0.2, 0.25) is 0 Å². The molecule has 1 aliphatic carbocycles. The third-order valence-electron chi connectivity index (χ3n) is 6.23. The Balaban J connectivity index is 1.57. The van der Waals surface area contributed by atoms with Crippen LogP contribution in [0, 0.1) is 6.92 Å². The molecule has 2 heterocycles. The fourth-order valence-electron chi connectivity index (χ4n) is 4.42. The second kappa shape index (κ2) is 10.9. The summed E-state index contributed by atoms with van der Waals surface area (Å²) in [5.41, 5.74) is 7.09. The number of H-pyrrole nitrogens is 1. The molecule has 4 rings (SSSR count). The zero-order valence-electron chi connectivity index (χ0n) is 20.1. The lowest BCUT2D eigenvalue weighted by molar-refractivity contribution is -0.121. The molecule has 0 aliphatic heterocycles. The van der Waals surface area contributed by atoms with Crippen LogP contribution >= 0.6 is 11.3 Å². The van der Waals surface area contributed by atoms with E-state index >= 15 is 0 Å². The van der Waals surface area contributed by atoms with Crippen molar-refractivity contribution < 1.29 is 9.53 Å². The summed E-state index contributed by atoms with van der Waals surface area (Å²) in [7, 11) is 0. The molecule has 0 radical (unpaired) electrons. The molecule has 1 fully saturated rings. The van der Waals surface area contributed by atoms with Crippen LogP contribution < -0.4 is 26.6 Å². The number of nitrogens with two attached hydrogens (primary N) is 1. The minimum atomic E-state index is -0.649. The van der Waals surface area contributed by atoms with Gasteiger partial charge in [0.2, 0.25) is 0 Å². The summed E-state index contributed by atoms with van der Waals surface area (Å²) in [4.78, 5) is 46.9. The highest BCUT2D eigenvalue weighted by Gasteiger charge is 2.32. The summed E-state index contributed by atoms with van der Waals surface area (Å²) >= 11 is 1.57. The molecule has 3 aromatic rings. The van der Waals surface area contributed by atoms with Gasteiger partial charge < -0.3 is 10.5 Å². The number of anilines is 2. The number of rotatable bonds is 9. The number of carbonyl (C=O) groups is 1. The van der Waals surface area contributed by atoms with Gasteiger partial charge in [0.1, 0.15) is 16.6 Å². The number of benzene rings is 1. The molecule has 1 amide bonds. The molecule has 0 saturated heterocycles. The molecule has 0 atom stereocenters. The van der Waals surface area contributed by atoms with Gasteiger partial charge in [-0.1, -0.05) is 26.2 Å². The van der Waals surface area contributed by atoms with Crippen molar-refractivity contribution in [3.8, 4) is 16.3 Å². The predicted molar refractivity (Wildman–Crippen MR) is 138 cm³/mol. The Morgan fingerprint density at radius 2 is 1.97 bits per heavy atom. The Morgan fingerprint density at radius 1 is 1.26 bits per heavy atom. The van der Waals surface area contributed by atoms with Crippen molar-refractivity contribution >= 4 is 28.7 Å². The molecule has 2 aromatic heterocycles. The largest absolute Gasteiger partial charge is 0.484 e. The quantitative estimate of drug-likeness (QED) is 0.465. The normalized spacial score (nSPS) is 13.8. The van der Waals surface area contributed by atoms with Crippen LogP contribution in [0.4, 0.5) is 11.5 Å². The Kier molecular flexibility index (Phi) is 7.70. The van der Waals surface area contributed by atoms with E-state index in [2.05, 4.69) is 9.97 Å². The molecule has 3 N–H and O–H groups in total. The summed E-state index contributed by atoms with van der Waals surface area (Å²) in [5, 5.41) is 2.92. The average molecular weight is 498 g/mol. The number of nitrogens with zero attached hydrogens (tertiary/aromatic N) is 3. The molecule has 1 aliphatic rings. The predicted octanol–water partition coefficient (Wildman–Crippen LogP) is 3.71. The molecular formula is C25H31N5O4S. The number of ether oxygens (including phenoxy) is 1. The standard InChI is InChI=1S/C25H31N5O4S/c1-3-4-13-29-22(26)21(23(32)28-25(29)33)30(18-7-5-6-8-18)20(31)14-34-19-11-9-17(10-12-19)24-27-16(2)15-35-24/h9-12,15,18H,3-8,13-14,26H2,1-2H3,(H,28,32,33). The highest BCUT2D eigenvalue weighted by molar-refractivity contribution is 7.13. The van der Waals surface area contributed by atoms with E-state index in [4.69, 9.17) is 10.5 Å². The van der Waals surface area contributed by atoms with E-state index in [-0.39, 0.29) is 30.1 Å². The Hall–Kier alpha value is -3.40. The third-order valence-corrected chi connectivity index (χ3v) is 7.24. The smallest absolute Gasteiger partial charge is 0.330 e. The third kappa shape index (κ3) is 5.48. The van der Waals surface area contributed by atoms with Gasteiger partial charge in [0, 0.05) is 29.2 Å². The molecule has 0 bridgehead atoms. The molecule has 186 valence electrons. The van der Waals surface area contributed by atoms with E-state index in [9.17, 15) is 14.4 Å². The van der Waals surface area contributed by atoms with Gasteiger partial charge in [-0.3, -0.25) is 24.0 Å². The van der Waals surface area contributed by atoms with E-state index in [0.29, 0.717) is 12.3 Å². The van der Waals surface area contributed by atoms with Gasteiger partial charge >= 0.3 is 5.69 Å². The Bertz CT molecular complexity index is 1290. The topological polar surface area (TPSA) is 123 Å². The molecule has 1 saturated carbocycles. The molecule has 0 unspecified atom stereocenters. The number of hydrogen-bond acceptors (Lipinski definition) is 7. The molecule has 35 heavy (non-hydrogen) atoms. The molecule has 10 heteroatoms. The van der Waals surface area contributed by atoms with Gasteiger partial charge in [0.25, 0.3) is 11.5 Å². The number of nitrogen functional groups attached to an aromatic ring is 1. The van der Waals surface area contributed by atoms with Gasteiger partial charge in [0.15, 0.2) is 12.3 Å². The summed E-state index contributed by atoms with van der Waals surface area (Å²) < 4.78 is 7.14. The second-order valence-corrected chi connectivity index (χ2v) is 9.67. The summed E-state index contributed by atoms with van der Waals surface area (Å²) in [6.07, 6.45) is 5.04. The number of nitrogens with one attached hydrogen (secondary N) is 1. The van der Waals surface area contributed by atoms with Crippen molar-refractivity contribution in [2.24, 2.45) is 0 Å². The van der Waals surface area contributed by atoms with Crippen molar-refractivity contribution in [3.05, 3.63) is 56.2 Å². The van der Waals surface area contributed by atoms with Crippen molar-refractivity contribution in [2.45, 2.75) is 65.0 Å². The number of thiazole rings is 1. The fourth-order valence-corrected chi connectivity index (χ4v) is 5.22. The summed E-state index contributed by atoms with van der Waals surface area (Å²) in [6, 6.07) is 7.23. The maximum atomic E-state index is 13.4. The number of unbranched alkanes of at least 4 members (excludes halogenated alkanes) is 1. The monoisotopic (exact) mass is 497 g/mol. The van der Waals surface area contributed by atoms with Crippen LogP contribution in [0.3, 0.4) is 0 Å². The van der Waals surface area contributed by atoms with Crippen LogP contribution in [-0.2, 0) is 11.3 Å². The SMILES string of the molecule is CCCCn1c(N)c(N(C(=O)COc2ccc(-c3nc(C)cs3)cc2)C2CCCC2)c(=O)[nH]c1=O. The second-order valence-electron chi connectivity index (χ2n) is 8.81. The number of hydrogen-bond donors (Lipinski definition) is 2. The number of carbonyl (C=O) groups excluding carboxylic acids is 1. The first-order chi connectivity index (χ1) is 16.9. The highest BCUT2D eigenvalue weighted by Crippen LogP contribution is 2.30. The van der Waals surface area contributed by atoms with Gasteiger partial charge in [-0.15, -0.1) is 11.3 Å². The molecular weight excluding hydrogens is 466 g/mol. The lowest BCUT2D eigenvalue weighted by Gasteiger charge is -2.29. The van der Waals surface area contributed by atoms with Crippen LogP contribution in [0.1, 0.15) is 51.1 Å². The van der Waals surface area contributed by atoms with Gasteiger partial charge in [-0.25, -0.2) is 9.78 Å².